The summed E-state index contributed by atoms with van der Waals surface area (Å²) in [6.45, 7) is 3.89. The van der Waals surface area contributed by atoms with Crippen molar-refractivity contribution in [3.63, 3.8) is 0 Å². The van der Waals surface area contributed by atoms with E-state index in [-0.39, 0.29) is 5.91 Å². The zero-order valence-electron chi connectivity index (χ0n) is 6.27. The van der Waals surface area contributed by atoms with Gasteiger partial charge in [0, 0.05) is 0 Å². The summed E-state index contributed by atoms with van der Waals surface area (Å²) in [5, 5.41) is 2.82. The van der Waals surface area contributed by atoms with Crippen LogP contribution < -0.4 is 5.32 Å². The normalized spacial score (nSPS) is 30.8. The monoisotopic (exact) mass is 139 g/mol. The fourth-order valence-electron chi connectivity index (χ4n) is 1.05. The van der Waals surface area contributed by atoms with Gasteiger partial charge in [-0.15, -0.1) is 0 Å². The van der Waals surface area contributed by atoms with Crippen molar-refractivity contribution in [3.8, 4) is 0 Å². The molecule has 0 saturated heterocycles. The molecule has 0 fully saturated rings. The average Bonchev–Trinajstić information content (AvgIpc) is 2.15. The quantitative estimate of drug-likeness (QED) is 0.608. The summed E-state index contributed by atoms with van der Waals surface area (Å²) in [6.07, 6.45) is 4.27. The highest BCUT2D eigenvalue weighted by atomic mass is 16.2. The van der Waals surface area contributed by atoms with Crippen molar-refractivity contribution in [1.29, 1.82) is 0 Å². The number of amides is 1. The summed E-state index contributed by atoms with van der Waals surface area (Å²) >= 11 is 0. The standard InChI is InChI=1S/C7H11N2O/c1-3-4-7(2)6(10)8-5-9-7/h3-4H2,1-2H3,(H,8,9,10). The summed E-state index contributed by atoms with van der Waals surface area (Å²) < 4.78 is 0. The molecule has 0 spiro atoms. The highest BCUT2D eigenvalue weighted by molar-refractivity contribution is 5.98. The van der Waals surface area contributed by atoms with Crippen LogP contribution in [0.25, 0.3) is 0 Å². The second kappa shape index (κ2) is 2.40. The fourth-order valence-corrected chi connectivity index (χ4v) is 1.05. The molecular formula is C7H11N2O. The minimum Gasteiger partial charge on any atom is -0.353 e. The van der Waals surface area contributed by atoms with Crippen molar-refractivity contribution in [2.75, 3.05) is 0 Å². The minimum atomic E-state index is -0.464. The number of hydrogen-bond acceptors (Lipinski definition) is 2. The molecule has 0 aliphatic carbocycles. The third-order valence-electron chi connectivity index (χ3n) is 1.71. The van der Waals surface area contributed by atoms with Gasteiger partial charge in [0.25, 0.3) is 5.91 Å². The van der Waals surface area contributed by atoms with Crippen molar-refractivity contribution in [3.05, 3.63) is 0 Å². The maximum absolute atomic E-state index is 11.0. The molecule has 3 nitrogen and oxygen atoms in total. The molecule has 1 rings (SSSR count). The smallest absolute Gasteiger partial charge is 0.273 e. The van der Waals surface area contributed by atoms with Gasteiger partial charge in [-0.05, 0) is 13.3 Å². The van der Waals surface area contributed by atoms with Crippen LogP contribution in [0.15, 0.2) is 4.99 Å². The molecule has 1 heterocycles. The van der Waals surface area contributed by atoms with Gasteiger partial charge < -0.3 is 5.32 Å². The zero-order valence-corrected chi connectivity index (χ0v) is 6.27. The number of nitrogens with one attached hydrogen (secondary N) is 1. The maximum Gasteiger partial charge on any atom is 0.273 e. The van der Waals surface area contributed by atoms with Gasteiger partial charge in [0.05, 0.1) is 0 Å². The maximum atomic E-state index is 11.0. The molecule has 1 N–H and O–H groups in total. The first kappa shape index (κ1) is 7.25. The lowest BCUT2D eigenvalue weighted by atomic mass is 9.97. The first-order chi connectivity index (χ1) is 4.69. The molecular weight excluding hydrogens is 128 g/mol. The van der Waals surface area contributed by atoms with Gasteiger partial charge in [0.1, 0.15) is 5.54 Å². The highest BCUT2D eigenvalue weighted by Gasteiger charge is 2.34. The van der Waals surface area contributed by atoms with Gasteiger partial charge in [0.15, 0.2) is 6.34 Å². The Morgan fingerprint density at radius 3 is 2.90 bits per heavy atom. The Labute approximate surface area is 60.5 Å². The lowest BCUT2D eigenvalue weighted by Crippen LogP contribution is -2.42. The number of carbonyl (C=O) groups excluding carboxylic acids is 1. The van der Waals surface area contributed by atoms with Crippen LogP contribution in [0.3, 0.4) is 0 Å². The van der Waals surface area contributed by atoms with Crippen LogP contribution in [0.2, 0.25) is 0 Å². The Morgan fingerprint density at radius 2 is 2.50 bits per heavy atom. The lowest BCUT2D eigenvalue weighted by Gasteiger charge is -2.19. The Balaban J connectivity index is 2.61. The van der Waals surface area contributed by atoms with E-state index in [1.54, 1.807) is 0 Å². The Kier molecular flexibility index (Phi) is 1.74. The first-order valence-corrected chi connectivity index (χ1v) is 3.46. The molecule has 1 aliphatic rings. The lowest BCUT2D eigenvalue weighted by molar-refractivity contribution is -0.122. The van der Waals surface area contributed by atoms with Crippen molar-refractivity contribution in [2.24, 2.45) is 4.99 Å². The van der Waals surface area contributed by atoms with Crippen LogP contribution in [0.5, 0.6) is 0 Å². The molecule has 1 atom stereocenters. The molecule has 0 aromatic heterocycles. The second-order valence-corrected chi connectivity index (χ2v) is 2.74. The van der Waals surface area contributed by atoms with Crippen molar-refractivity contribution >= 4 is 12.2 Å². The van der Waals surface area contributed by atoms with Gasteiger partial charge in [-0.25, -0.2) is 0 Å². The number of carbonyl (C=O) groups is 1. The number of hydrogen-bond donors (Lipinski definition) is 1. The van der Waals surface area contributed by atoms with Crippen LogP contribution in [-0.2, 0) is 4.79 Å². The Hall–Kier alpha value is -0.860. The van der Waals surface area contributed by atoms with Gasteiger partial charge in [0.2, 0.25) is 0 Å². The largest absolute Gasteiger partial charge is 0.353 e. The third kappa shape index (κ3) is 1.03. The van der Waals surface area contributed by atoms with E-state index in [0.717, 1.165) is 12.8 Å². The predicted octanol–water partition coefficient (Wildman–Crippen LogP) is 0.580. The van der Waals surface area contributed by atoms with Gasteiger partial charge >= 0.3 is 0 Å². The van der Waals surface area contributed by atoms with E-state index in [1.807, 2.05) is 13.8 Å². The molecule has 0 aromatic rings. The van der Waals surface area contributed by atoms with E-state index in [1.165, 1.54) is 0 Å². The molecule has 1 radical (unpaired) electrons. The molecule has 55 valence electrons. The Morgan fingerprint density at radius 1 is 1.80 bits per heavy atom. The molecule has 0 saturated carbocycles. The van der Waals surface area contributed by atoms with E-state index in [4.69, 9.17) is 0 Å². The van der Waals surface area contributed by atoms with Crippen LogP contribution in [-0.4, -0.2) is 17.8 Å². The molecule has 0 bridgehead atoms. The number of nitrogens with zero attached hydrogens (tertiary/aromatic N) is 1. The average molecular weight is 139 g/mol. The summed E-state index contributed by atoms with van der Waals surface area (Å²) in [5.74, 6) is -0.102. The minimum absolute atomic E-state index is 0.102. The second-order valence-electron chi connectivity index (χ2n) is 2.74. The zero-order chi connectivity index (χ0) is 7.61. The summed E-state index contributed by atoms with van der Waals surface area (Å²) in [4.78, 5) is 14.5. The predicted molar refractivity (Wildman–Crippen MR) is 38.9 cm³/mol. The van der Waals surface area contributed by atoms with Crippen molar-refractivity contribution < 1.29 is 4.79 Å². The van der Waals surface area contributed by atoms with Crippen molar-refractivity contribution in [1.82, 2.24) is 5.32 Å². The molecule has 3 heteroatoms. The van der Waals surface area contributed by atoms with Gasteiger partial charge in [-0.1, -0.05) is 13.3 Å². The summed E-state index contributed by atoms with van der Waals surface area (Å²) in [5.41, 5.74) is -0.464. The van der Waals surface area contributed by atoms with Gasteiger partial charge in [-0.3, -0.25) is 4.79 Å². The molecule has 1 unspecified atom stereocenters. The molecule has 1 amide bonds. The van der Waals surface area contributed by atoms with Crippen LogP contribution in [0, 0.1) is 0 Å². The van der Waals surface area contributed by atoms with Gasteiger partial charge in [-0.2, -0.15) is 4.99 Å². The van der Waals surface area contributed by atoms with Crippen LogP contribution in [0.4, 0.5) is 0 Å². The Bertz CT molecular complexity index is 176. The number of rotatable bonds is 2. The van der Waals surface area contributed by atoms with Crippen LogP contribution in [0.1, 0.15) is 26.7 Å². The van der Waals surface area contributed by atoms with Crippen molar-refractivity contribution in [2.45, 2.75) is 32.2 Å². The SMILES string of the molecule is CCCC1(C)N[C]=NC1=O. The van der Waals surface area contributed by atoms with E-state index < -0.39 is 5.54 Å². The highest BCUT2D eigenvalue weighted by Crippen LogP contribution is 2.16. The van der Waals surface area contributed by atoms with E-state index in [0.29, 0.717) is 0 Å². The van der Waals surface area contributed by atoms with E-state index in [9.17, 15) is 4.79 Å². The third-order valence-corrected chi connectivity index (χ3v) is 1.71. The van der Waals surface area contributed by atoms with E-state index >= 15 is 0 Å². The van der Waals surface area contributed by atoms with Crippen LogP contribution >= 0.6 is 0 Å². The molecule has 0 aromatic carbocycles. The molecule has 10 heavy (non-hydrogen) atoms. The first-order valence-electron chi connectivity index (χ1n) is 3.46. The fraction of sp³-hybridized carbons (Fsp3) is 0.714. The summed E-state index contributed by atoms with van der Waals surface area (Å²) in [7, 11) is 0. The number of aliphatic imine (C=N–C) groups is 1. The van der Waals surface area contributed by atoms with E-state index in [2.05, 4.69) is 16.6 Å². The topological polar surface area (TPSA) is 41.5 Å². The molecule has 1 aliphatic heterocycles. The summed E-state index contributed by atoms with van der Waals surface area (Å²) in [6, 6.07) is 0.